The van der Waals surface area contributed by atoms with Gasteiger partial charge in [-0.3, -0.25) is 4.79 Å². The van der Waals surface area contributed by atoms with Gasteiger partial charge in [-0.2, -0.15) is 0 Å². The minimum Gasteiger partial charge on any atom is -0.394 e. The zero-order valence-corrected chi connectivity index (χ0v) is 22.4. The summed E-state index contributed by atoms with van der Waals surface area (Å²) in [7, 11) is 1.33. The summed E-state index contributed by atoms with van der Waals surface area (Å²) in [5, 5.41) is 51.1. The maximum Gasteiger partial charge on any atom is 0.251 e. The molecule has 1 amide bonds. The first-order valence-electron chi connectivity index (χ1n) is 13.4. The summed E-state index contributed by atoms with van der Waals surface area (Å²) in [6.07, 6.45) is -15.8. The van der Waals surface area contributed by atoms with Crippen LogP contribution in [0.15, 0.2) is 0 Å². The number of amides is 1. The van der Waals surface area contributed by atoms with E-state index < -0.39 is 104 Å². The van der Waals surface area contributed by atoms with E-state index in [0.717, 1.165) is 4.90 Å². The Morgan fingerprint density at radius 2 is 1.62 bits per heavy atom. The number of aliphatic hydroxyl groups is 5. The second-order valence-electron chi connectivity index (χ2n) is 10.7. The quantitative estimate of drug-likeness (QED) is 0.114. The van der Waals surface area contributed by atoms with Crippen LogP contribution in [-0.2, 0) is 23.7 Å². The summed E-state index contributed by atoms with van der Waals surface area (Å²) in [5.74, 6) is -0.765. The first-order chi connectivity index (χ1) is 18.9. The summed E-state index contributed by atoms with van der Waals surface area (Å²) >= 11 is 0. The smallest absolute Gasteiger partial charge is 0.251 e. The molecule has 0 aromatic carbocycles. The second-order valence-corrected chi connectivity index (χ2v) is 10.7. The van der Waals surface area contributed by atoms with Gasteiger partial charge in [0.15, 0.2) is 18.8 Å². The Labute approximate surface area is 231 Å². The predicted octanol–water partition coefficient (Wildman–Crippen LogP) is -6.11. The number of nitrogens with two attached hydrogens (primary N) is 5. The average molecular weight is 585 g/mol. The molecule has 15 N–H and O–H groups in total. The molecule has 0 bridgehead atoms. The Hall–Kier alpha value is -1.16. The molecule has 0 radical (unpaired) electrons. The summed E-state index contributed by atoms with van der Waals surface area (Å²) in [6, 6.07) is -4.01. The fourth-order valence-electron chi connectivity index (χ4n) is 5.38. The van der Waals surface area contributed by atoms with E-state index in [1.54, 1.807) is 0 Å². The number of carbonyl (C=O) groups excluding carboxylic acids is 1. The maximum atomic E-state index is 16.4. The number of hydrogen-bond acceptors (Lipinski definition) is 15. The topological polar surface area (TPSA) is 288 Å². The molecule has 1 saturated carbocycles. The molecule has 1 aliphatic carbocycles. The van der Waals surface area contributed by atoms with Crippen LogP contribution < -0.4 is 28.7 Å². The molecule has 3 aliphatic rings. The van der Waals surface area contributed by atoms with E-state index >= 15 is 4.39 Å². The first-order valence-corrected chi connectivity index (χ1v) is 13.4. The number of halogens is 1. The molecule has 40 heavy (non-hydrogen) atoms. The van der Waals surface area contributed by atoms with Crippen molar-refractivity contribution in [3.05, 3.63) is 0 Å². The third kappa shape index (κ3) is 7.07. The van der Waals surface area contributed by atoms with E-state index in [0.29, 0.717) is 0 Å². The molecule has 15 atom stereocenters. The summed E-state index contributed by atoms with van der Waals surface area (Å²) in [4.78, 5) is 14.0. The molecule has 234 valence electrons. The van der Waals surface area contributed by atoms with Crippen LogP contribution in [0.3, 0.4) is 0 Å². The number of rotatable bonds is 10. The molecule has 2 heterocycles. The van der Waals surface area contributed by atoms with Crippen molar-refractivity contribution in [1.82, 2.24) is 4.90 Å². The average Bonchev–Trinajstić information content (AvgIpc) is 2.92. The van der Waals surface area contributed by atoms with E-state index in [9.17, 15) is 30.3 Å². The van der Waals surface area contributed by atoms with Gasteiger partial charge in [-0.1, -0.05) is 0 Å². The SMILES string of the molecule is CN(C(=O)[C@@H](O)CCN)[C@@H]1C[C@H](N)[C@@H](OC2O[C@H](CN)[C@@H](N)C[C@H]2O)[C@@H](F)C1O[C@@H]1O[C@H](CO)[C@@H](O)[C@H](N)[C@H]1O. The number of likely N-dealkylation sites (N-methyl/N-ethyl adjacent to an activating group) is 1. The van der Waals surface area contributed by atoms with Gasteiger partial charge in [0.2, 0.25) is 0 Å². The Morgan fingerprint density at radius 1 is 1.00 bits per heavy atom. The number of carbonyl (C=O) groups is 1. The van der Waals surface area contributed by atoms with Crippen LogP contribution in [0.2, 0.25) is 0 Å². The van der Waals surface area contributed by atoms with Gasteiger partial charge in [0.05, 0.1) is 24.8 Å². The van der Waals surface area contributed by atoms with Gasteiger partial charge in [0.1, 0.15) is 42.7 Å². The molecule has 3 fully saturated rings. The van der Waals surface area contributed by atoms with Crippen LogP contribution in [-0.4, -0.2) is 155 Å². The van der Waals surface area contributed by atoms with Crippen molar-refractivity contribution in [1.29, 1.82) is 0 Å². The van der Waals surface area contributed by atoms with Crippen molar-refractivity contribution in [2.24, 2.45) is 28.7 Å². The Kier molecular flexibility index (Phi) is 12.0. The molecule has 16 nitrogen and oxygen atoms in total. The Morgan fingerprint density at radius 3 is 2.23 bits per heavy atom. The molecule has 2 unspecified atom stereocenters. The lowest BCUT2D eigenvalue weighted by molar-refractivity contribution is -0.316. The van der Waals surface area contributed by atoms with Crippen molar-refractivity contribution in [3.8, 4) is 0 Å². The van der Waals surface area contributed by atoms with Crippen molar-refractivity contribution in [2.75, 3.05) is 26.7 Å². The fraction of sp³-hybridized carbons (Fsp3) is 0.957. The number of nitrogens with zero attached hydrogens (tertiary/aromatic N) is 1. The maximum absolute atomic E-state index is 16.4. The largest absolute Gasteiger partial charge is 0.394 e. The van der Waals surface area contributed by atoms with E-state index in [4.69, 9.17) is 47.6 Å². The number of ether oxygens (including phenoxy) is 4. The van der Waals surface area contributed by atoms with E-state index in [2.05, 4.69) is 0 Å². The standard InChI is InChI=1S/C23H45FN6O10/c1-30(21(36)11(32)2-3-25)10-4-9(28)19(39-22-12(33)5-8(27)13(6-26)37-22)15(24)20(10)40-23-18(35)16(29)17(34)14(7-31)38-23/h8-20,22-23,31-35H,2-7,25-29H2,1H3/t8-,9-,10+,11-,12+,13+,14+,15+,16-,17+,18+,19+,20?,22?,23-/m0/s1. The Balaban J connectivity index is 1.88. The summed E-state index contributed by atoms with van der Waals surface area (Å²) in [5.41, 5.74) is 29.3. The van der Waals surface area contributed by atoms with Crippen molar-refractivity contribution < 1.29 is 53.7 Å². The van der Waals surface area contributed by atoms with Crippen molar-refractivity contribution in [2.45, 2.75) is 111 Å². The zero-order valence-electron chi connectivity index (χ0n) is 22.4. The molecule has 3 rings (SSSR count). The molecule has 0 aromatic heterocycles. The number of aliphatic hydroxyl groups excluding tert-OH is 5. The minimum absolute atomic E-state index is 0.0224. The van der Waals surface area contributed by atoms with E-state index in [-0.39, 0.29) is 32.4 Å². The number of alkyl halides is 1. The molecule has 0 spiro atoms. The van der Waals surface area contributed by atoms with Crippen LogP contribution in [0.25, 0.3) is 0 Å². The van der Waals surface area contributed by atoms with Crippen LogP contribution >= 0.6 is 0 Å². The molecular weight excluding hydrogens is 539 g/mol. The van der Waals surface area contributed by atoms with Crippen LogP contribution in [0.1, 0.15) is 19.3 Å². The van der Waals surface area contributed by atoms with Gasteiger partial charge < -0.3 is 78.0 Å². The fourth-order valence-corrected chi connectivity index (χ4v) is 5.38. The lowest BCUT2D eigenvalue weighted by Gasteiger charge is -2.49. The monoisotopic (exact) mass is 584 g/mol. The highest BCUT2D eigenvalue weighted by atomic mass is 19.1. The lowest BCUT2D eigenvalue weighted by Crippen LogP contribution is -2.68. The molecule has 2 saturated heterocycles. The predicted molar refractivity (Wildman–Crippen MR) is 136 cm³/mol. The van der Waals surface area contributed by atoms with Gasteiger partial charge in [-0.25, -0.2) is 4.39 Å². The van der Waals surface area contributed by atoms with Crippen LogP contribution in [0, 0.1) is 0 Å². The number of hydrogen-bond donors (Lipinski definition) is 10. The molecule has 2 aliphatic heterocycles. The summed E-state index contributed by atoms with van der Waals surface area (Å²) < 4.78 is 39.1. The first kappa shape index (κ1) is 33.3. The highest BCUT2D eigenvalue weighted by molar-refractivity contribution is 5.80. The highest BCUT2D eigenvalue weighted by Gasteiger charge is 2.53. The van der Waals surface area contributed by atoms with Crippen LogP contribution in [0.4, 0.5) is 4.39 Å². The van der Waals surface area contributed by atoms with Gasteiger partial charge in [0.25, 0.3) is 5.91 Å². The highest BCUT2D eigenvalue weighted by Crippen LogP contribution is 2.35. The van der Waals surface area contributed by atoms with E-state index in [1.807, 2.05) is 0 Å². The van der Waals surface area contributed by atoms with Crippen LogP contribution in [0.5, 0.6) is 0 Å². The van der Waals surface area contributed by atoms with Gasteiger partial charge >= 0.3 is 0 Å². The third-order valence-electron chi connectivity index (χ3n) is 7.88. The molecule has 0 aromatic rings. The minimum atomic E-state index is -2.09. The molecular formula is C23H45FN6O10. The van der Waals surface area contributed by atoms with E-state index in [1.165, 1.54) is 7.05 Å². The lowest BCUT2D eigenvalue weighted by atomic mass is 9.83. The summed E-state index contributed by atoms with van der Waals surface area (Å²) in [6.45, 7) is -0.616. The van der Waals surface area contributed by atoms with Gasteiger partial charge in [-0.05, 0) is 25.8 Å². The third-order valence-corrected chi connectivity index (χ3v) is 7.88. The second kappa shape index (κ2) is 14.3. The Bertz CT molecular complexity index is 822. The van der Waals surface area contributed by atoms with Gasteiger partial charge in [0, 0.05) is 25.7 Å². The van der Waals surface area contributed by atoms with Gasteiger partial charge in [-0.15, -0.1) is 0 Å². The molecule has 17 heteroatoms. The zero-order chi connectivity index (χ0) is 29.9. The normalized spacial score (nSPS) is 45.2. The van der Waals surface area contributed by atoms with Crippen molar-refractivity contribution in [3.63, 3.8) is 0 Å². The van der Waals surface area contributed by atoms with Crippen molar-refractivity contribution >= 4 is 5.91 Å².